The van der Waals surface area contributed by atoms with Crippen LogP contribution in [0.5, 0.6) is 5.88 Å². The van der Waals surface area contributed by atoms with Crippen LogP contribution in [0.1, 0.15) is 57.2 Å². The van der Waals surface area contributed by atoms with Crippen LogP contribution < -0.4 is 5.32 Å². The molecule has 1 amide bonds. The molecule has 0 bridgehead atoms. The first-order chi connectivity index (χ1) is 18.3. The average Bonchev–Trinajstić information content (AvgIpc) is 3.23. The molecule has 1 fully saturated rings. The Hall–Kier alpha value is -4.23. The van der Waals surface area contributed by atoms with Crippen LogP contribution >= 0.6 is 0 Å². The quantitative estimate of drug-likeness (QED) is 0.241. The van der Waals surface area contributed by atoms with Crippen LogP contribution in [0.15, 0.2) is 71.7 Å². The summed E-state index contributed by atoms with van der Waals surface area (Å²) in [6, 6.07) is 20.7. The number of aromatic amines is 1. The van der Waals surface area contributed by atoms with E-state index in [0.29, 0.717) is 33.6 Å². The van der Waals surface area contributed by atoms with Gasteiger partial charge in [0, 0.05) is 33.6 Å². The second kappa shape index (κ2) is 10.6. The van der Waals surface area contributed by atoms with E-state index < -0.39 is 0 Å². The van der Waals surface area contributed by atoms with Gasteiger partial charge < -0.3 is 20.3 Å². The predicted octanol–water partition coefficient (Wildman–Crippen LogP) is 5.38. The third-order valence-corrected chi connectivity index (χ3v) is 7.21. The van der Waals surface area contributed by atoms with Gasteiger partial charge in [0.1, 0.15) is 0 Å². The number of ketones is 1. The number of nitrogens with zero attached hydrogens (tertiary/aromatic N) is 2. The minimum atomic E-state index is -0.0793. The highest BCUT2D eigenvalue weighted by Gasteiger charge is 2.21. The SMILES string of the molecule is CC(=O)c1cc2[nH]c(O)c(C(=Nc3ccc(C(=O)NC4CCN(C)CC4)cc3)c3ccccc3)c2cc1C. The van der Waals surface area contributed by atoms with Crippen LogP contribution in [0, 0.1) is 6.92 Å². The minimum absolute atomic E-state index is 0.0168. The fourth-order valence-corrected chi connectivity index (χ4v) is 5.05. The molecule has 0 saturated carbocycles. The van der Waals surface area contributed by atoms with E-state index in [-0.39, 0.29) is 23.6 Å². The van der Waals surface area contributed by atoms with Crippen molar-refractivity contribution in [3.05, 3.63) is 94.5 Å². The summed E-state index contributed by atoms with van der Waals surface area (Å²) < 4.78 is 0. The largest absolute Gasteiger partial charge is 0.494 e. The third-order valence-electron chi connectivity index (χ3n) is 7.21. The Kier molecular flexibility index (Phi) is 7.11. The first-order valence-electron chi connectivity index (χ1n) is 12.9. The molecule has 3 N–H and O–H groups in total. The molecule has 3 aromatic carbocycles. The van der Waals surface area contributed by atoms with Gasteiger partial charge in [-0.25, -0.2) is 4.99 Å². The van der Waals surface area contributed by atoms with Crippen molar-refractivity contribution < 1.29 is 14.7 Å². The van der Waals surface area contributed by atoms with E-state index in [1.54, 1.807) is 18.2 Å². The minimum Gasteiger partial charge on any atom is -0.494 e. The highest BCUT2D eigenvalue weighted by atomic mass is 16.3. The smallest absolute Gasteiger partial charge is 0.251 e. The van der Waals surface area contributed by atoms with Crippen molar-refractivity contribution in [2.75, 3.05) is 20.1 Å². The molecule has 7 heteroatoms. The van der Waals surface area contributed by atoms with E-state index in [1.807, 2.05) is 55.5 Å². The zero-order valence-electron chi connectivity index (χ0n) is 21.9. The summed E-state index contributed by atoms with van der Waals surface area (Å²) in [6.07, 6.45) is 1.90. The Morgan fingerprint density at radius 1 is 1.00 bits per heavy atom. The molecule has 1 aromatic heterocycles. The number of amides is 1. The van der Waals surface area contributed by atoms with Crippen LogP contribution in [0.2, 0.25) is 0 Å². The number of aromatic hydroxyl groups is 1. The van der Waals surface area contributed by atoms with Gasteiger partial charge in [-0.3, -0.25) is 9.59 Å². The first-order valence-corrected chi connectivity index (χ1v) is 12.9. The number of rotatable bonds is 6. The molecule has 194 valence electrons. The Bertz CT molecular complexity index is 1510. The fraction of sp³-hybridized carbons (Fsp3) is 0.258. The van der Waals surface area contributed by atoms with Gasteiger partial charge in [0.05, 0.1) is 17.0 Å². The van der Waals surface area contributed by atoms with Gasteiger partial charge in [-0.1, -0.05) is 30.3 Å². The van der Waals surface area contributed by atoms with Crippen molar-refractivity contribution >= 4 is 34.0 Å². The summed E-state index contributed by atoms with van der Waals surface area (Å²) in [6.45, 7) is 5.39. The van der Waals surface area contributed by atoms with Crippen LogP contribution in [0.25, 0.3) is 10.9 Å². The van der Waals surface area contributed by atoms with E-state index in [9.17, 15) is 14.7 Å². The first kappa shape index (κ1) is 25.4. The molecule has 0 radical (unpaired) electrons. The number of aromatic nitrogens is 1. The summed E-state index contributed by atoms with van der Waals surface area (Å²) in [5.74, 6) is -0.127. The van der Waals surface area contributed by atoms with E-state index in [1.165, 1.54) is 6.92 Å². The maximum atomic E-state index is 12.8. The zero-order chi connectivity index (χ0) is 26.8. The molecule has 0 aliphatic carbocycles. The highest BCUT2D eigenvalue weighted by molar-refractivity contribution is 6.22. The number of carbonyl (C=O) groups excluding carboxylic acids is 2. The van der Waals surface area contributed by atoms with Gasteiger partial charge >= 0.3 is 0 Å². The number of hydrogen-bond donors (Lipinski definition) is 3. The third kappa shape index (κ3) is 5.24. The normalized spacial score (nSPS) is 15.1. The topological polar surface area (TPSA) is 97.8 Å². The number of aliphatic imine (C=N–C) groups is 1. The lowest BCUT2D eigenvalue weighted by molar-refractivity contribution is 0.0916. The molecule has 1 aliphatic heterocycles. The Balaban J connectivity index is 1.50. The number of piperidine rings is 1. The maximum Gasteiger partial charge on any atom is 0.251 e. The molecule has 38 heavy (non-hydrogen) atoms. The van der Waals surface area contributed by atoms with Gasteiger partial charge in [-0.2, -0.15) is 0 Å². The molecule has 0 atom stereocenters. The number of H-pyrrole nitrogens is 1. The summed E-state index contributed by atoms with van der Waals surface area (Å²) in [5, 5.41) is 14.9. The number of likely N-dealkylation sites (tertiary alicyclic amines) is 1. The average molecular weight is 509 g/mol. The lowest BCUT2D eigenvalue weighted by atomic mass is 9.97. The predicted molar refractivity (Wildman–Crippen MR) is 151 cm³/mol. The molecule has 1 aliphatic rings. The molecule has 2 heterocycles. The van der Waals surface area contributed by atoms with E-state index in [4.69, 9.17) is 4.99 Å². The number of aryl methyl sites for hydroxylation is 1. The summed E-state index contributed by atoms with van der Waals surface area (Å²) in [5.41, 5.74) is 5.34. The second-order valence-electron chi connectivity index (χ2n) is 10.0. The summed E-state index contributed by atoms with van der Waals surface area (Å²) >= 11 is 0. The van der Waals surface area contributed by atoms with Crippen molar-refractivity contribution in [1.29, 1.82) is 0 Å². The van der Waals surface area contributed by atoms with Crippen molar-refractivity contribution in [3.63, 3.8) is 0 Å². The molecule has 4 aromatic rings. The van der Waals surface area contributed by atoms with Crippen molar-refractivity contribution in [2.24, 2.45) is 4.99 Å². The van der Waals surface area contributed by atoms with Crippen LogP contribution in [-0.2, 0) is 0 Å². The molecule has 7 nitrogen and oxygen atoms in total. The van der Waals surface area contributed by atoms with Crippen molar-refractivity contribution in [3.8, 4) is 5.88 Å². The standard InChI is InChI=1S/C31H32N4O3/c1-19-17-26-27(18-25(19)20(2)36)34-31(38)28(26)29(21-7-5-4-6-8-21)32-23-11-9-22(10-12-23)30(37)33-24-13-15-35(3)16-14-24/h4-12,17-18,24,34,38H,13-16H2,1-3H3,(H,33,37). The Morgan fingerprint density at radius 2 is 1.68 bits per heavy atom. The van der Waals surface area contributed by atoms with Gasteiger partial charge in [0.15, 0.2) is 11.7 Å². The highest BCUT2D eigenvalue weighted by Crippen LogP contribution is 2.33. The lowest BCUT2D eigenvalue weighted by Gasteiger charge is -2.29. The summed E-state index contributed by atoms with van der Waals surface area (Å²) in [7, 11) is 2.10. The monoisotopic (exact) mass is 508 g/mol. The molecule has 1 saturated heterocycles. The van der Waals surface area contributed by atoms with Gasteiger partial charge in [-0.05, 0) is 88.8 Å². The molecule has 0 spiro atoms. The molecular formula is C31H32N4O3. The number of nitrogens with one attached hydrogen (secondary N) is 2. The van der Waals surface area contributed by atoms with Crippen LogP contribution in [0.3, 0.4) is 0 Å². The molecule has 0 unspecified atom stereocenters. The van der Waals surface area contributed by atoms with Crippen molar-refractivity contribution in [2.45, 2.75) is 32.7 Å². The van der Waals surface area contributed by atoms with Gasteiger partial charge in [0.2, 0.25) is 0 Å². The number of Topliss-reactive ketones (excluding diaryl/α,β-unsaturated/α-hetero) is 1. The van der Waals surface area contributed by atoms with E-state index >= 15 is 0 Å². The number of hydrogen-bond acceptors (Lipinski definition) is 5. The number of fused-ring (bicyclic) bond motifs is 1. The van der Waals surface area contributed by atoms with Crippen LogP contribution in [0.4, 0.5) is 5.69 Å². The maximum absolute atomic E-state index is 12.8. The fourth-order valence-electron chi connectivity index (χ4n) is 5.05. The Labute approximate surface area is 222 Å². The zero-order valence-corrected chi connectivity index (χ0v) is 21.9. The number of benzene rings is 3. The van der Waals surface area contributed by atoms with Gasteiger partial charge in [-0.15, -0.1) is 0 Å². The van der Waals surface area contributed by atoms with Crippen molar-refractivity contribution in [1.82, 2.24) is 15.2 Å². The van der Waals surface area contributed by atoms with E-state index in [2.05, 4.69) is 22.2 Å². The lowest BCUT2D eigenvalue weighted by Crippen LogP contribution is -2.43. The second-order valence-corrected chi connectivity index (χ2v) is 10.0. The Morgan fingerprint density at radius 3 is 2.34 bits per heavy atom. The molecule has 5 rings (SSSR count). The molecular weight excluding hydrogens is 476 g/mol. The summed E-state index contributed by atoms with van der Waals surface area (Å²) in [4.78, 5) is 35.1. The number of carbonyl (C=O) groups is 2. The van der Waals surface area contributed by atoms with Gasteiger partial charge in [0.25, 0.3) is 5.91 Å². The van der Waals surface area contributed by atoms with Crippen LogP contribution in [-0.4, -0.2) is 58.6 Å². The van der Waals surface area contributed by atoms with E-state index in [0.717, 1.165) is 42.4 Å².